The van der Waals surface area contributed by atoms with E-state index < -0.39 is 0 Å². The molecule has 1 aromatic carbocycles. The topological polar surface area (TPSA) is 34.1 Å². The maximum atomic E-state index is 5.31. The van der Waals surface area contributed by atoms with E-state index in [1.165, 1.54) is 37.5 Å². The third-order valence-electron chi connectivity index (χ3n) is 3.92. The molecule has 1 fully saturated rings. The molecule has 0 unspecified atom stereocenters. The van der Waals surface area contributed by atoms with Crippen LogP contribution in [-0.4, -0.2) is 18.1 Å². The predicted octanol–water partition coefficient (Wildman–Crippen LogP) is 3.99. The van der Waals surface area contributed by atoms with E-state index in [4.69, 9.17) is 4.74 Å². The Kier molecular flexibility index (Phi) is 3.53. The van der Waals surface area contributed by atoms with E-state index >= 15 is 0 Å². The number of methoxy groups -OCH3 is 1. The Morgan fingerprint density at radius 2 is 2.00 bits per heavy atom. The lowest BCUT2D eigenvalue weighted by molar-refractivity contribution is 0.415. The highest BCUT2D eigenvalue weighted by Crippen LogP contribution is 2.28. The first kappa shape index (κ1) is 12.3. The molecule has 0 radical (unpaired) electrons. The van der Waals surface area contributed by atoms with Crippen LogP contribution in [0, 0.1) is 0 Å². The Morgan fingerprint density at radius 1 is 1.16 bits per heavy atom. The van der Waals surface area contributed by atoms with Gasteiger partial charge in [0.05, 0.1) is 7.11 Å². The lowest BCUT2D eigenvalue weighted by atomic mass is 9.95. The zero-order chi connectivity index (χ0) is 13.1. The zero-order valence-electron chi connectivity index (χ0n) is 11.4. The molecule has 0 amide bonds. The van der Waals surface area contributed by atoms with E-state index in [2.05, 4.69) is 22.4 Å². The lowest BCUT2D eigenvalue weighted by Gasteiger charge is -2.24. The summed E-state index contributed by atoms with van der Waals surface area (Å²) in [5, 5.41) is 5.96. The smallest absolute Gasteiger partial charge is 0.134 e. The van der Waals surface area contributed by atoms with Crippen LogP contribution in [0.4, 0.5) is 5.82 Å². The highest BCUT2D eigenvalue weighted by atomic mass is 16.5. The fourth-order valence-electron chi connectivity index (χ4n) is 2.83. The highest BCUT2D eigenvalue weighted by Gasteiger charge is 2.14. The van der Waals surface area contributed by atoms with E-state index in [1.54, 1.807) is 7.11 Å². The Morgan fingerprint density at radius 3 is 2.79 bits per heavy atom. The number of hydrogen-bond acceptors (Lipinski definition) is 3. The van der Waals surface area contributed by atoms with E-state index in [9.17, 15) is 0 Å². The minimum Gasteiger partial charge on any atom is -0.497 e. The van der Waals surface area contributed by atoms with Gasteiger partial charge in [0, 0.05) is 17.6 Å². The van der Waals surface area contributed by atoms with Crippen molar-refractivity contribution in [1.82, 2.24) is 4.98 Å². The number of benzene rings is 1. The molecule has 2 aromatic rings. The summed E-state index contributed by atoms with van der Waals surface area (Å²) in [7, 11) is 1.70. The van der Waals surface area contributed by atoms with E-state index in [0.717, 1.165) is 17.0 Å². The third kappa shape index (κ3) is 2.65. The molecular formula is C16H20N2O. The van der Waals surface area contributed by atoms with Crippen molar-refractivity contribution in [3.63, 3.8) is 0 Å². The van der Waals surface area contributed by atoms with Crippen LogP contribution in [0.5, 0.6) is 5.75 Å². The Balaban J connectivity index is 1.92. The molecule has 1 aliphatic carbocycles. The summed E-state index contributed by atoms with van der Waals surface area (Å²) in [6, 6.07) is 8.75. The molecule has 3 rings (SSSR count). The van der Waals surface area contributed by atoms with Gasteiger partial charge >= 0.3 is 0 Å². The van der Waals surface area contributed by atoms with Crippen LogP contribution in [0.15, 0.2) is 30.5 Å². The van der Waals surface area contributed by atoms with Crippen molar-refractivity contribution < 1.29 is 4.74 Å². The number of ether oxygens (including phenoxy) is 1. The summed E-state index contributed by atoms with van der Waals surface area (Å²) in [4.78, 5) is 4.51. The number of anilines is 1. The van der Waals surface area contributed by atoms with Gasteiger partial charge in [-0.05, 0) is 36.4 Å². The van der Waals surface area contributed by atoms with Crippen molar-refractivity contribution in [1.29, 1.82) is 0 Å². The first-order valence-electron chi connectivity index (χ1n) is 7.06. The zero-order valence-corrected chi connectivity index (χ0v) is 11.4. The van der Waals surface area contributed by atoms with Crippen molar-refractivity contribution in [2.45, 2.75) is 38.1 Å². The van der Waals surface area contributed by atoms with Crippen molar-refractivity contribution in [3.05, 3.63) is 30.5 Å². The number of fused-ring (bicyclic) bond motifs is 1. The van der Waals surface area contributed by atoms with Crippen LogP contribution in [-0.2, 0) is 0 Å². The standard InChI is InChI=1S/C16H20N2O/c1-19-14-8-7-12-9-10-17-16(15(12)11-14)18-13-5-3-2-4-6-13/h7-11,13H,2-6H2,1H3,(H,17,18). The summed E-state index contributed by atoms with van der Waals surface area (Å²) < 4.78 is 5.31. The molecular weight excluding hydrogens is 236 g/mol. The summed E-state index contributed by atoms with van der Waals surface area (Å²) in [5.74, 6) is 1.87. The van der Waals surface area contributed by atoms with Gasteiger partial charge in [0.1, 0.15) is 11.6 Å². The van der Waals surface area contributed by atoms with E-state index in [-0.39, 0.29) is 0 Å². The maximum absolute atomic E-state index is 5.31. The highest BCUT2D eigenvalue weighted by molar-refractivity contribution is 5.92. The number of rotatable bonds is 3. The van der Waals surface area contributed by atoms with E-state index in [1.807, 2.05) is 18.3 Å². The Labute approximate surface area is 114 Å². The first-order chi connectivity index (χ1) is 9.36. The molecule has 1 N–H and O–H groups in total. The molecule has 1 aliphatic rings. The van der Waals surface area contributed by atoms with Gasteiger partial charge in [-0.3, -0.25) is 0 Å². The Hall–Kier alpha value is -1.77. The lowest BCUT2D eigenvalue weighted by Crippen LogP contribution is -2.22. The molecule has 0 bridgehead atoms. The SMILES string of the molecule is COc1ccc2ccnc(NC3CCCCC3)c2c1. The number of nitrogens with zero attached hydrogens (tertiary/aromatic N) is 1. The monoisotopic (exact) mass is 256 g/mol. The molecule has 1 heterocycles. The van der Waals surface area contributed by atoms with Crippen LogP contribution >= 0.6 is 0 Å². The largest absolute Gasteiger partial charge is 0.497 e. The summed E-state index contributed by atoms with van der Waals surface area (Å²) in [5.41, 5.74) is 0. The second kappa shape index (κ2) is 5.47. The fraction of sp³-hybridized carbons (Fsp3) is 0.438. The predicted molar refractivity (Wildman–Crippen MR) is 78.8 cm³/mol. The normalized spacial score (nSPS) is 16.5. The summed E-state index contributed by atoms with van der Waals surface area (Å²) in [6.45, 7) is 0. The second-order valence-corrected chi connectivity index (χ2v) is 5.23. The molecule has 1 aromatic heterocycles. The molecule has 19 heavy (non-hydrogen) atoms. The maximum Gasteiger partial charge on any atom is 0.134 e. The molecule has 3 heteroatoms. The van der Waals surface area contributed by atoms with Crippen LogP contribution in [0.2, 0.25) is 0 Å². The Bertz CT molecular complexity index is 562. The van der Waals surface area contributed by atoms with Gasteiger partial charge in [-0.2, -0.15) is 0 Å². The van der Waals surface area contributed by atoms with E-state index in [0.29, 0.717) is 6.04 Å². The molecule has 0 aliphatic heterocycles. The number of pyridine rings is 1. The van der Waals surface area contributed by atoms with Crippen molar-refractivity contribution in [2.24, 2.45) is 0 Å². The third-order valence-corrected chi connectivity index (χ3v) is 3.92. The molecule has 1 saturated carbocycles. The number of nitrogens with one attached hydrogen (secondary N) is 1. The number of hydrogen-bond donors (Lipinski definition) is 1. The van der Waals surface area contributed by atoms with Crippen molar-refractivity contribution in [3.8, 4) is 5.75 Å². The summed E-state index contributed by atoms with van der Waals surface area (Å²) >= 11 is 0. The second-order valence-electron chi connectivity index (χ2n) is 5.23. The van der Waals surface area contributed by atoms with Gasteiger partial charge in [0.25, 0.3) is 0 Å². The van der Waals surface area contributed by atoms with Crippen LogP contribution in [0.1, 0.15) is 32.1 Å². The van der Waals surface area contributed by atoms with Crippen LogP contribution in [0.3, 0.4) is 0 Å². The van der Waals surface area contributed by atoms with Gasteiger partial charge in [0.15, 0.2) is 0 Å². The van der Waals surface area contributed by atoms with Crippen LogP contribution in [0.25, 0.3) is 10.8 Å². The average Bonchev–Trinajstić information content (AvgIpc) is 2.48. The average molecular weight is 256 g/mol. The van der Waals surface area contributed by atoms with Gasteiger partial charge in [-0.25, -0.2) is 4.98 Å². The molecule has 0 saturated heterocycles. The van der Waals surface area contributed by atoms with Crippen molar-refractivity contribution >= 4 is 16.6 Å². The molecule has 100 valence electrons. The molecule has 0 atom stereocenters. The first-order valence-corrected chi connectivity index (χ1v) is 7.06. The minimum atomic E-state index is 0.568. The summed E-state index contributed by atoms with van der Waals surface area (Å²) in [6.07, 6.45) is 8.40. The minimum absolute atomic E-state index is 0.568. The van der Waals surface area contributed by atoms with Gasteiger partial charge in [-0.1, -0.05) is 25.3 Å². The van der Waals surface area contributed by atoms with Gasteiger partial charge in [0.2, 0.25) is 0 Å². The van der Waals surface area contributed by atoms with Crippen LogP contribution < -0.4 is 10.1 Å². The van der Waals surface area contributed by atoms with Gasteiger partial charge < -0.3 is 10.1 Å². The fourth-order valence-corrected chi connectivity index (χ4v) is 2.83. The molecule has 3 nitrogen and oxygen atoms in total. The van der Waals surface area contributed by atoms with Crippen molar-refractivity contribution in [2.75, 3.05) is 12.4 Å². The molecule has 0 spiro atoms. The van der Waals surface area contributed by atoms with Gasteiger partial charge in [-0.15, -0.1) is 0 Å². The number of aromatic nitrogens is 1. The quantitative estimate of drug-likeness (QED) is 0.901.